The summed E-state index contributed by atoms with van der Waals surface area (Å²) in [5.41, 5.74) is 22.2. The van der Waals surface area contributed by atoms with Crippen LogP contribution in [-0.2, 0) is 87.6 Å². The number of aliphatic carboxylic acids is 2. The first-order valence-corrected chi connectivity index (χ1v) is 23.4. The summed E-state index contributed by atoms with van der Waals surface area (Å²) in [5.74, 6) is -12.9. The van der Waals surface area contributed by atoms with E-state index in [2.05, 4.69) is 31.6 Å². The van der Waals surface area contributed by atoms with E-state index in [1.807, 2.05) is 0 Å². The van der Waals surface area contributed by atoms with Gasteiger partial charge in [0.1, 0.15) is 24.2 Å². The number of carboxylic acid groups (broad SMARTS) is 2. The molecule has 2 fully saturated rings. The number of esters is 3. The molecule has 0 aromatic heterocycles. The van der Waals surface area contributed by atoms with Gasteiger partial charge < -0.3 is 88.3 Å². The number of nitrogens with zero attached hydrogens (tertiary/aromatic N) is 2. The van der Waals surface area contributed by atoms with Crippen molar-refractivity contribution >= 4 is 77.2 Å². The molecule has 0 saturated carbocycles. The number of hydrogen-bond donors (Lipinski definition) is 11. The van der Waals surface area contributed by atoms with Crippen molar-refractivity contribution in [3.8, 4) is 0 Å². The lowest BCUT2D eigenvalue weighted by atomic mass is 9.99. The van der Waals surface area contributed by atoms with E-state index in [9.17, 15) is 67.7 Å². The SMILES string of the molecule is CC(=O)O[C@@H]1[C@@H](OC(C)=O)[C@H](C)O[C@H](OC[C@H](NC(=O)[C@H](Cc2ccccc2)NC(=O)[C@H](CC(=O)O)NC(=O)CNC(=O)[C@H](CCCN=C(N)N)NC(=O)[C@@H]2CCCN2C(=O)[C@@H](N)CC(N)=O)C(=O)O)[C@@H]1OC(C)=O. The molecule has 0 aliphatic carbocycles. The van der Waals surface area contributed by atoms with Gasteiger partial charge in [-0.05, 0) is 38.2 Å². The molecular weight excluding hydrogens is 999 g/mol. The highest BCUT2D eigenvalue weighted by Crippen LogP contribution is 2.29. The number of rotatable bonds is 28. The van der Waals surface area contributed by atoms with Crippen LogP contribution in [0, 0.1) is 0 Å². The van der Waals surface area contributed by atoms with Gasteiger partial charge in [0.2, 0.25) is 41.4 Å². The Labute approximate surface area is 429 Å². The average Bonchev–Trinajstić information content (AvgIpc) is 3.82. The number of carbonyl (C=O) groups is 12. The number of benzene rings is 1. The minimum absolute atomic E-state index is 0.0191. The summed E-state index contributed by atoms with van der Waals surface area (Å²) >= 11 is 0. The van der Waals surface area contributed by atoms with Gasteiger partial charge >= 0.3 is 29.8 Å². The third-order valence-corrected chi connectivity index (χ3v) is 11.2. The standard InChI is InChI=1S/C45H65N11O19/c1-21-35(73-22(2)57)36(74-23(3)58)37(75-24(4)59)44(72-21)71-20-30(43(69)70)55-39(65)28(16-25-10-6-5-7-11-25)54-40(66)29(18-34(62)63)52-33(61)19-51-38(64)27(12-8-14-50-45(48)49)53-41(67)31-13-9-15-56(31)42(68)26(46)17-32(47)60/h5-7,10-11,21,26-31,35-37,44H,8-9,12-20,46H2,1-4H3,(H2,47,60)(H,51,64)(H,52,61)(H,53,67)(H,54,66)(H,55,65)(H,62,63)(H,69,70)(H4,48,49,50)/t21-,26-,27-,28-,29-,30-,31-,35-,36+,37+,44-/m0/s1. The number of amides is 7. The smallest absolute Gasteiger partial charge is 0.328 e. The summed E-state index contributed by atoms with van der Waals surface area (Å²) in [6, 6.07) is -1.34. The van der Waals surface area contributed by atoms with Crippen molar-refractivity contribution < 1.29 is 91.4 Å². The first-order chi connectivity index (χ1) is 35.3. The molecule has 1 aromatic carbocycles. The maximum Gasteiger partial charge on any atom is 0.328 e. The second-order valence-corrected chi connectivity index (χ2v) is 17.3. The van der Waals surface area contributed by atoms with E-state index in [-0.39, 0.29) is 44.7 Å². The summed E-state index contributed by atoms with van der Waals surface area (Å²) in [7, 11) is 0. The van der Waals surface area contributed by atoms with Crippen molar-refractivity contribution in [3.63, 3.8) is 0 Å². The minimum Gasteiger partial charge on any atom is -0.481 e. The van der Waals surface area contributed by atoms with Crippen LogP contribution in [0.2, 0.25) is 0 Å². The molecule has 75 heavy (non-hydrogen) atoms. The molecule has 0 unspecified atom stereocenters. The molecule has 3 rings (SSSR count). The van der Waals surface area contributed by atoms with E-state index in [4.69, 9.17) is 46.6 Å². The summed E-state index contributed by atoms with van der Waals surface area (Å²) in [5, 5.41) is 31.5. The molecule has 1 aromatic rings. The van der Waals surface area contributed by atoms with Crippen LogP contribution in [0.25, 0.3) is 0 Å². The Morgan fingerprint density at radius 2 is 1.36 bits per heavy atom. The summed E-state index contributed by atoms with van der Waals surface area (Å²) in [6.07, 6.45) is -8.49. The van der Waals surface area contributed by atoms with Crippen molar-refractivity contribution in [2.24, 2.45) is 27.9 Å². The molecule has 2 saturated heterocycles. The normalized spacial score (nSPS) is 20.9. The van der Waals surface area contributed by atoms with Crippen molar-refractivity contribution in [1.29, 1.82) is 0 Å². The van der Waals surface area contributed by atoms with Crippen LogP contribution in [0.4, 0.5) is 0 Å². The Bertz CT molecular complexity index is 2280. The Morgan fingerprint density at radius 1 is 0.760 bits per heavy atom. The number of carboxylic acids is 2. The number of aliphatic imine (C=N–C) groups is 1. The molecule has 0 radical (unpaired) electrons. The lowest BCUT2D eigenvalue weighted by Gasteiger charge is -2.43. The average molecular weight is 1060 g/mol. The minimum atomic E-state index is -1.94. The molecule has 0 bridgehead atoms. The van der Waals surface area contributed by atoms with Crippen LogP contribution in [0.5, 0.6) is 0 Å². The maximum atomic E-state index is 14.0. The van der Waals surface area contributed by atoms with E-state index in [1.54, 1.807) is 30.3 Å². The number of hydrogen-bond acceptors (Lipinski definition) is 19. The van der Waals surface area contributed by atoms with Gasteiger partial charge in [0.05, 0.1) is 38.1 Å². The monoisotopic (exact) mass is 1060 g/mol. The Kier molecular flexibility index (Phi) is 24.2. The van der Waals surface area contributed by atoms with E-state index in [0.717, 1.165) is 25.7 Å². The Balaban J connectivity index is 1.79. The number of primary amides is 1. The highest BCUT2D eigenvalue weighted by atomic mass is 16.7. The molecule has 2 heterocycles. The first kappa shape index (κ1) is 61.3. The van der Waals surface area contributed by atoms with Gasteiger partial charge in [-0.25, -0.2) is 4.79 Å². The number of guanidine groups is 1. The van der Waals surface area contributed by atoms with Gasteiger partial charge in [-0.2, -0.15) is 0 Å². The fourth-order valence-electron chi connectivity index (χ4n) is 7.85. The van der Waals surface area contributed by atoms with Gasteiger partial charge in [0, 0.05) is 40.3 Å². The number of nitrogens with two attached hydrogens (primary N) is 4. The van der Waals surface area contributed by atoms with Crippen LogP contribution in [0.15, 0.2) is 35.3 Å². The van der Waals surface area contributed by atoms with Gasteiger partial charge in [-0.15, -0.1) is 0 Å². The lowest BCUT2D eigenvalue weighted by molar-refractivity contribution is -0.301. The predicted molar refractivity (Wildman–Crippen MR) is 254 cm³/mol. The van der Waals surface area contributed by atoms with Gasteiger partial charge in [-0.3, -0.25) is 57.7 Å². The topological polar surface area (TPSA) is 471 Å². The second kappa shape index (κ2) is 29.6. The molecule has 2 aliphatic rings. The van der Waals surface area contributed by atoms with Crippen molar-refractivity contribution in [3.05, 3.63) is 35.9 Å². The Morgan fingerprint density at radius 3 is 1.95 bits per heavy atom. The van der Waals surface area contributed by atoms with Gasteiger partial charge in [0.25, 0.3) is 0 Å². The fourth-order valence-corrected chi connectivity index (χ4v) is 7.85. The maximum absolute atomic E-state index is 14.0. The molecule has 0 spiro atoms. The predicted octanol–water partition coefficient (Wildman–Crippen LogP) is -5.35. The quantitative estimate of drug-likeness (QED) is 0.0123. The van der Waals surface area contributed by atoms with Crippen LogP contribution < -0.4 is 49.5 Å². The first-order valence-electron chi connectivity index (χ1n) is 23.4. The van der Waals surface area contributed by atoms with E-state index >= 15 is 0 Å². The van der Waals surface area contributed by atoms with Gasteiger partial charge in [0.15, 0.2) is 36.6 Å². The van der Waals surface area contributed by atoms with E-state index in [0.29, 0.717) is 12.0 Å². The van der Waals surface area contributed by atoms with Crippen molar-refractivity contribution in [1.82, 2.24) is 31.5 Å². The zero-order valence-electron chi connectivity index (χ0n) is 41.6. The van der Waals surface area contributed by atoms with E-state index < -0.39 is 164 Å². The highest BCUT2D eigenvalue weighted by molar-refractivity contribution is 5.97. The summed E-state index contributed by atoms with van der Waals surface area (Å²) in [6.45, 7) is 2.83. The Hall–Kier alpha value is -7.99. The molecule has 2 aliphatic heterocycles. The van der Waals surface area contributed by atoms with Crippen LogP contribution in [0.1, 0.15) is 71.8 Å². The lowest BCUT2D eigenvalue weighted by Crippen LogP contribution is -2.62. The molecule has 30 heteroatoms. The summed E-state index contributed by atoms with van der Waals surface area (Å²) < 4.78 is 27.4. The van der Waals surface area contributed by atoms with Crippen molar-refractivity contribution in [2.45, 2.75) is 140 Å². The number of carbonyl (C=O) groups excluding carboxylic acids is 10. The molecule has 15 N–H and O–H groups in total. The largest absolute Gasteiger partial charge is 0.481 e. The number of ether oxygens (including phenoxy) is 5. The highest BCUT2D eigenvalue weighted by Gasteiger charge is 2.51. The molecule has 7 amide bonds. The zero-order chi connectivity index (χ0) is 56.1. The number of likely N-dealkylation sites (tertiary alicyclic amines) is 1. The molecule has 30 nitrogen and oxygen atoms in total. The second-order valence-electron chi connectivity index (χ2n) is 17.3. The summed E-state index contributed by atoms with van der Waals surface area (Å²) in [4.78, 5) is 158. The molecule has 11 atom stereocenters. The third-order valence-electron chi connectivity index (χ3n) is 11.2. The van der Waals surface area contributed by atoms with E-state index in [1.165, 1.54) is 6.92 Å². The molecule has 414 valence electrons. The third kappa shape index (κ3) is 20.4. The van der Waals surface area contributed by atoms with Crippen LogP contribution in [0.3, 0.4) is 0 Å². The van der Waals surface area contributed by atoms with Gasteiger partial charge in [-0.1, -0.05) is 30.3 Å². The molecular formula is C45H65N11O19. The fraction of sp³-hybridized carbons (Fsp3) is 0.578. The van der Waals surface area contributed by atoms with Crippen LogP contribution in [-0.4, -0.2) is 185 Å². The number of nitrogens with one attached hydrogen (secondary N) is 5. The van der Waals surface area contributed by atoms with Crippen LogP contribution >= 0.6 is 0 Å². The van der Waals surface area contributed by atoms with Crippen molar-refractivity contribution in [2.75, 3.05) is 26.2 Å². The zero-order valence-corrected chi connectivity index (χ0v) is 41.6.